The van der Waals surface area contributed by atoms with E-state index in [1.165, 1.54) is 11.1 Å². The fraction of sp³-hybridized carbons (Fsp3) is 0. The normalized spacial score (nSPS) is 11.3. The largest absolute Gasteiger partial charge is 0.456 e. The van der Waals surface area contributed by atoms with Crippen LogP contribution in [-0.4, -0.2) is 0 Å². The molecule has 10 aromatic carbocycles. The summed E-state index contributed by atoms with van der Waals surface area (Å²) in [5.41, 5.74) is 14.8. The summed E-state index contributed by atoms with van der Waals surface area (Å²) in [5.74, 6) is 0. The monoisotopic (exact) mass is 780 g/mol. The second kappa shape index (κ2) is 15.6. The molecule has 0 radical (unpaired) electrons. The van der Waals surface area contributed by atoms with Crippen molar-refractivity contribution >= 4 is 66.8 Å². The molecule has 61 heavy (non-hydrogen) atoms. The molecule has 11 aromatic rings. The number of rotatable bonds is 9. The smallest absolute Gasteiger partial charge is 0.137 e. The summed E-state index contributed by atoms with van der Waals surface area (Å²) in [4.78, 5) is 4.84. The number of benzene rings is 10. The number of anilines is 6. The van der Waals surface area contributed by atoms with E-state index in [9.17, 15) is 0 Å². The van der Waals surface area contributed by atoms with Crippen molar-refractivity contribution in [2.45, 2.75) is 0 Å². The highest BCUT2D eigenvalue weighted by atomic mass is 16.3. The number of furan rings is 1. The van der Waals surface area contributed by atoms with Gasteiger partial charge >= 0.3 is 0 Å². The Bertz CT molecular complexity index is 3270. The molecule has 0 unspecified atom stereocenters. The molecule has 288 valence electrons. The Morgan fingerprint density at radius 2 is 0.754 bits per heavy atom. The first-order valence-corrected chi connectivity index (χ1v) is 20.8. The van der Waals surface area contributed by atoms with E-state index in [1.807, 2.05) is 0 Å². The molecule has 0 saturated carbocycles. The van der Waals surface area contributed by atoms with Crippen LogP contribution in [0.5, 0.6) is 0 Å². The molecule has 0 amide bonds. The number of nitrogens with zero attached hydrogens (tertiary/aromatic N) is 2. The molecule has 0 bridgehead atoms. The average Bonchev–Trinajstić information content (AvgIpc) is 3.70. The van der Waals surface area contributed by atoms with Crippen LogP contribution in [0.4, 0.5) is 34.1 Å². The van der Waals surface area contributed by atoms with Crippen molar-refractivity contribution < 1.29 is 4.42 Å². The quantitative estimate of drug-likeness (QED) is 0.145. The molecular weight excluding hydrogens is 741 g/mol. The maximum atomic E-state index is 6.88. The SMILES string of the molecule is c1ccc(-c2ccc(N(c3ccccc3)c3ccc4oc5cc6ccccc6cc5c4c3N(c3ccc(-c4ccccc4)cc3)c3ccccc3-c3ccccc3)cc2)cc1. The minimum absolute atomic E-state index is 0.819. The van der Waals surface area contributed by atoms with E-state index in [2.05, 4.69) is 252 Å². The third-order valence-corrected chi connectivity index (χ3v) is 11.6. The van der Waals surface area contributed by atoms with Crippen LogP contribution >= 0.6 is 0 Å². The summed E-state index contributed by atoms with van der Waals surface area (Å²) in [6, 6.07) is 86.6. The molecule has 0 fully saturated rings. The topological polar surface area (TPSA) is 19.6 Å². The first-order valence-electron chi connectivity index (χ1n) is 20.8. The van der Waals surface area contributed by atoms with E-state index in [0.29, 0.717) is 0 Å². The van der Waals surface area contributed by atoms with Crippen molar-refractivity contribution in [3.8, 4) is 33.4 Å². The van der Waals surface area contributed by atoms with Gasteiger partial charge in [0.25, 0.3) is 0 Å². The van der Waals surface area contributed by atoms with E-state index in [-0.39, 0.29) is 0 Å². The van der Waals surface area contributed by atoms with Gasteiger partial charge in [0.05, 0.1) is 22.4 Å². The van der Waals surface area contributed by atoms with Gasteiger partial charge in [-0.15, -0.1) is 0 Å². The number of fused-ring (bicyclic) bond motifs is 4. The zero-order valence-corrected chi connectivity index (χ0v) is 33.4. The molecular formula is C58H40N2O. The number of hydrogen-bond acceptors (Lipinski definition) is 3. The highest BCUT2D eigenvalue weighted by molar-refractivity contribution is 6.20. The van der Waals surface area contributed by atoms with Gasteiger partial charge in [-0.25, -0.2) is 0 Å². The summed E-state index contributed by atoms with van der Waals surface area (Å²) < 4.78 is 6.88. The molecule has 0 aliphatic carbocycles. The Morgan fingerprint density at radius 3 is 1.36 bits per heavy atom. The maximum absolute atomic E-state index is 6.88. The maximum Gasteiger partial charge on any atom is 0.137 e. The van der Waals surface area contributed by atoms with Gasteiger partial charge in [0.1, 0.15) is 11.2 Å². The summed E-state index contributed by atoms with van der Waals surface area (Å²) in [7, 11) is 0. The predicted molar refractivity (Wildman–Crippen MR) is 257 cm³/mol. The summed E-state index contributed by atoms with van der Waals surface area (Å²) in [6.07, 6.45) is 0. The van der Waals surface area contributed by atoms with Crippen molar-refractivity contribution in [2.75, 3.05) is 9.80 Å². The fourth-order valence-corrected chi connectivity index (χ4v) is 8.72. The van der Waals surface area contributed by atoms with E-state index >= 15 is 0 Å². The molecule has 3 heteroatoms. The molecule has 3 nitrogen and oxygen atoms in total. The Labute approximate surface area is 355 Å². The van der Waals surface area contributed by atoms with Crippen LogP contribution in [0.25, 0.3) is 66.1 Å². The van der Waals surface area contributed by atoms with Crippen LogP contribution in [0, 0.1) is 0 Å². The summed E-state index contributed by atoms with van der Waals surface area (Å²) in [5, 5.41) is 4.40. The lowest BCUT2D eigenvalue weighted by Gasteiger charge is -2.34. The lowest BCUT2D eigenvalue weighted by Crippen LogP contribution is -2.18. The highest BCUT2D eigenvalue weighted by Crippen LogP contribution is 2.53. The van der Waals surface area contributed by atoms with Crippen molar-refractivity contribution in [1.82, 2.24) is 0 Å². The minimum Gasteiger partial charge on any atom is -0.456 e. The van der Waals surface area contributed by atoms with Gasteiger partial charge in [-0.1, -0.05) is 176 Å². The third-order valence-electron chi connectivity index (χ3n) is 11.6. The van der Waals surface area contributed by atoms with Crippen LogP contribution in [0.1, 0.15) is 0 Å². The molecule has 1 heterocycles. The Balaban J connectivity index is 1.24. The molecule has 0 N–H and O–H groups in total. The number of hydrogen-bond donors (Lipinski definition) is 0. The van der Waals surface area contributed by atoms with E-state index in [4.69, 9.17) is 4.42 Å². The molecule has 0 aliphatic rings. The third kappa shape index (κ3) is 6.69. The first-order chi connectivity index (χ1) is 30.3. The molecule has 0 spiro atoms. The molecule has 0 saturated heterocycles. The van der Waals surface area contributed by atoms with Crippen molar-refractivity contribution in [3.63, 3.8) is 0 Å². The Hall–Kier alpha value is -8.14. The van der Waals surface area contributed by atoms with Crippen molar-refractivity contribution in [2.24, 2.45) is 0 Å². The van der Waals surface area contributed by atoms with Crippen LogP contribution in [0.2, 0.25) is 0 Å². The lowest BCUT2D eigenvalue weighted by molar-refractivity contribution is 0.669. The zero-order valence-electron chi connectivity index (χ0n) is 33.4. The van der Waals surface area contributed by atoms with Gasteiger partial charge in [-0.3, -0.25) is 0 Å². The first kappa shape index (κ1) is 36.0. The Morgan fingerprint density at radius 1 is 0.295 bits per heavy atom. The second-order valence-electron chi connectivity index (χ2n) is 15.3. The Kier molecular flexibility index (Phi) is 9.18. The second-order valence-corrected chi connectivity index (χ2v) is 15.3. The average molecular weight is 781 g/mol. The van der Waals surface area contributed by atoms with Gasteiger partial charge in [0, 0.05) is 28.0 Å². The van der Waals surface area contributed by atoms with Crippen molar-refractivity contribution in [3.05, 3.63) is 243 Å². The van der Waals surface area contributed by atoms with Gasteiger partial charge in [-0.2, -0.15) is 0 Å². The predicted octanol–water partition coefficient (Wildman–Crippen LogP) is 16.7. The van der Waals surface area contributed by atoms with Crippen LogP contribution in [0.3, 0.4) is 0 Å². The number of para-hydroxylation sites is 2. The van der Waals surface area contributed by atoms with Crippen molar-refractivity contribution in [1.29, 1.82) is 0 Å². The van der Waals surface area contributed by atoms with E-state index < -0.39 is 0 Å². The van der Waals surface area contributed by atoms with Crippen LogP contribution < -0.4 is 9.80 Å². The summed E-state index contributed by atoms with van der Waals surface area (Å²) >= 11 is 0. The van der Waals surface area contributed by atoms with Gasteiger partial charge in [0.2, 0.25) is 0 Å². The minimum atomic E-state index is 0.819. The van der Waals surface area contributed by atoms with Crippen LogP contribution in [0.15, 0.2) is 247 Å². The standard InChI is InChI=1S/C58H40N2O/c1-5-17-41(18-6-1)43-29-33-49(34-30-43)59(48-25-11-4-12-26-48)54-37-38-55-57(52-39-46-23-13-14-24-47(46)40-56(52)61-55)58(54)60(50-35-31-44(32-36-50)42-19-7-2-8-20-42)53-28-16-15-27-51(53)45-21-9-3-10-22-45/h1-40H. The molecule has 1 aromatic heterocycles. The molecule has 0 aliphatic heterocycles. The molecule has 11 rings (SSSR count). The fourth-order valence-electron chi connectivity index (χ4n) is 8.72. The lowest BCUT2D eigenvalue weighted by atomic mass is 9.98. The van der Waals surface area contributed by atoms with Gasteiger partial charge < -0.3 is 14.2 Å². The zero-order chi connectivity index (χ0) is 40.5. The van der Waals surface area contributed by atoms with E-state index in [1.54, 1.807) is 0 Å². The van der Waals surface area contributed by atoms with E-state index in [0.717, 1.165) is 89.1 Å². The van der Waals surface area contributed by atoms with Crippen LogP contribution in [-0.2, 0) is 0 Å². The highest BCUT2D eigenvalue weighted by Gasteiger charge is 2.29. The molecule has 0 atom stereocenters. The van der Waals surface area contributed by atoms with Gasteiger partial charge in [0.15, 0.2) is 0 Å². The summed E-state index contributed by atoms with van der Waals surface area (Å²) in [6.45, 7) is 0. The van der Waals surface area contributed by atoms with Gasteiger partial charge in [-0.05, 0) is 105 Å².